The van der Waals surface area contributed by atoms with Crippen LogP contribution in [0.3, 0.4) is 0 Å². The summed E-state index contributed by atoms with van der Waals surface area (Å²) in [5, 5.41) is 4.11. The minimum Gasteiger partial charge on any atom is -0.380 e. The van der Waals surface area contributed by atoms with E-state index < -0.39 is 10.0 Å². The second kappa shape index (κ2) is 5.98. The van der Waals surface area contributed by atoms with Crippen LogP contribution in [-0.4, -0.2) is 42.0 Å². The maximum Gasteiger partial charge on any atom is 0.235 e. The van der Waals surface area contributed by atoms with Crippen LogP contribution >= 0.6 is 0 Å². The van der Waals surface area contributed by atoms with Crippen molar-refractivity contribution in [3.63, 3.8) is 0 Å². The van der Waals surface area contributed by atoms with E-state index in [1.165, 1.54) is 13.3 Å². The first-order valence-electron chi connectivity index (χ1n) is 6.65. The van der Waals surface area contributed by atoms with Gasteiger partial charge in [-0.2, -0.15) is 5.10 Å². The number of rotatable bonds is 6. The molecule has 2 aromatic heterocycles. The van der Waals surface area contributed by atoms with Crippen LogP contribution in [0.15, 0.2) is 18.6 Å². The molecule has 1 N–H and O–H groups in total. The molecule has 0 aromatic carbocycles. The molecule has 8 heteroatoms. The summed E-state index contributed by atoms with van der Waals surface area (Å²) in [5.74, 6) is 0.0121. The Morgan fingerprint density at radius 3 is 2.71 bits per heavy atom. The molecule has 116 valence electrons. The molecule has 7 nitrogen and oxygen atoms in total. The molecule has 0 saturated carbocycles. The Morgan fingerprint density at radius 1 is 1.38 bits per heavy atom. The lowest BCUT2D eigenvalue weighted by molar-refractivity contribution is 0.0829. The first kappa shape index (κ1) is 15.7. The molecule has 0 fully saturated rings. The van der Waals surface area contributed by atoms with Gasteiger partial charge in [0.25, 0.3) is 0 Å². The molecule has 0 amide bonds. The summed E-state index contributed by atoms with van der Waals surface area (Å²) in [5.41, 5.74) is 2.02. The third-order valence-electron chi connectivity index (χ3n) is 3.24. The summed E-state index contributed by atoms with van der Waals surface area (Å²) < 4.78 is 33.6. The van der Waals surface area contributed by atoms with Crippen LogP contribution < -0.4 is 4.72 Å². The zero-order valence-corrected chi connectivity index (χ0v) is 13.4. The van der Waals surface area contributed by atoms with Crippen LogP contribution in [-0.2, 0) is 14.8 Å². The lowest BCUT2D eigenvalue weighted by atomic mass is 10.1. The first-order chi connectivity index (χ1) is 9.82. The summed E-state index contributed by atoms with van der Waals surface area (Å²) >= 11 is 0. The van der Waals surface area contributed by atoms with Crippen LogP contribution in [0.4, 0.5) is 5.69 Å². The lowest BCUT2D eigenvalue weighted by Gasteiger charge is -2.19. The summed E-state index contributed by atoms with van der Waals surface area (Å²) in [6, 6.07) is 0. The smallest absolute Gasteiger partial charge is 0.235 e. The molecule has 0 aliphatic rings. The van der Waals surface area contributed by atoms with Crippen molar-refractivity contribution in [3.8, 4) is 0 Å². The lowest BCUT2D eigenvalue weighted by Crippen LogP contribution is -2.31. The summed E-state index contributed by atoms with van der Waals surface area (Å²) in [7, 11) is -1.99. The monoisotopic (exact) mass is 312 g/mol. The van der Waals surface area contributed by atoms with Gasteiger partial charge in [0.1, 0.15) is 0 Å². The number of nitrogens with one attached hydrogen (secondary N) is 1. The molecule has 0 spiro atoms. The van der Waals surface area contributed by atoms with Crippen molar-refractivity contribution in [1.82, 2.24) is 14.6 Å². The third-order valence-corrected chi connectivity index (χ3v) is 4.55. The number of fused-ring (bicyclic) bond motifs is 1. The molecule has 2 heterocycles. The molecule has 0 saturated heterocycles. The van der Waals surface area contributed by atoms with Gasteiger partial charge in [-0.25, -0.2) is 17.9 Å². The van der Waals surface area contributed by atoms with Crippen molar-refractivity contribution in [2.75, 3.05) is 17.6 Å². The fourth-order valence-electron chi connectivity index (χ4n) is 2.02. The highest BCUT2D eigenvalue weighted by molar-refractivity contribution is 7.92. The van der Waals surface area contributed by atoms with Crippen LogP contribution in [0.1, 0.15) is 19.4 Å². The van der Waals surface area contributed by atoms with Gasteiger partial charge in [-0.1, -0.05) is 13.8 Å². The Kier molecular flexibility index (Phi) is 4.48. The average molecular weight is 312 g/mol. The van der Waals surface area contributed by atoms with Crippen LogP contribution in [0, 0.1) is 12.8 Å². The maximum atomic E-state index is 12.2. The average Bonchev–Trinajstić information content (AvgIpc) is 2.76. The van der Waals surface area contributed by atoms with Crippen molar-refractivity contribution >= 4 is 21.4 Å². The van der Waals surface area contributed by atoms with Crippen molar-refractivity contribution in [1.29, 1.82) is 0 Å². The molecule has 1 unspecified atom stereocenters. The number of anilines is 1. The number of methoxy groups -OCH3 is 1. The SMILES string of the molecule is COC(CS(=O)(=O)Nc1cnc2c(C)cnn2c1)C(C)C. The van der Waals surface area contributed by atoms with E-state index in [4.69, 9.17) is 4.74 Å². The summed E-state index contributed by atoms with van der Waals surface area (Å²) in [6.45, 7) is 5.73. The van der Waals surface area contributed by atoms with Crippen LogP contribution in [0.25, 0.3) is 5.65 Å². The van der Waals surface area contributed by atoms with Gasteiger partial charge >= 0.3 is 0 Å². The maximum absolute atomic E-state index is 12.2. The number of aryl methyl sites for hydroxylation is 1. The highest BCUT2D eigenvalue weighted by atomic mass is 32.2. The minimum absolute atomic E-state index is 0.0999. The Bertz CT molecular complexity index is 724. The number of sulfonamides is 1. The Labute approximate surface area is 124 Å². The van der Waals surface area contributed by atoms with Crippen LogP contribution in [0.2, 0.25) is 0 Å². The summed E-state index contributed by atoms with van der Waals surface area (Å²) in [6.07, 6.45) is 4.41. The van der Waals surface area contributed by atoms with Crippen LogP contribution in [0.5, 0.6) is 0 Å². The van der Waals surface area contributed by atoms with E-state index in [-0.39, 0.29) is 17.8 Å². The second-order valence-corrected chi connectivity index (χ2v) is 7.11. The van der Waals surface area contributed by atoms with Crippen molar-refractivity contribution in [3.05, 3.63) is 24.2 Å². The molecule has 0 aliphatic carbocycles. The molecule has 2 rings (SSSR count). The van der Waals surface area contributed by atoms with Gasteiger partial charge in [0, 0.05) is 12.7 Å². The quantitative estimate of drug-likeness (QED) is 0.872. The molecular formula is C13H20N4O3S. The van der Waals surface area contributed by atoms with Crippen molar-refractivity contribution < 1.29 is 13.2 Å². The minimum atomic E-state index is -3.51. The standard InChI is InChI=1S/C13H20N4O3S/c1-9(2)12(20-4)8-21(18,19)16-11-6-14-13-10(3)5-15-17(13)7-11/h5-7,9,12,16H,8H2,1-4H3. The first-order valence-corrected chi connectivity index (χ1v) is 8.31. The highest BCUT2D eigenvalue weighted by Crippen LogP contribution is 2.14. The van der Waals surface area contributed by atoms with E-state index in [1.807, 2.05) is 20.8 Å². The third kappa shape index (κ3) is 3.70. The van der Waals surface area contributed by atoms with Gasteiger partial charge in [-0.05, 0) is 12.8 Å². The molecule has 0 radical (unpaired) electrons. The molecule has 0 bridgehead atoms. The Balaban J connectivity index is 2.18. The summed E-state index contributed by atoms with van der Waals surface area (Å²) in [4.78, 5) is 4.20. The van der Waals surface area contributed by atoms with Gasteiger partial charge < -0.3 is 4.74 Å². The Hall–Kier alpha value is -1.67. The largest absolute Gasteiger partial charge is 0.380 e. The van der Waals surface area contributed by atoms with Crippen molar-refractivity contribution in [2.24, 2.45) is 5.92 Å². The molecular weight excluding hydrogens is 292 g/mol. The molecule has 1 atom stereocenters. The van der Waals surface area contributed by atoms with Gasteiger partial charge in [-0.15, -0.1) is 0 Å². The topological polar surface area (TPSA) is 85.6 Å². The number of hydrogen-bond donors (Lipinski definition) is 1. The van der Waals surface area contributed by atoms with Gasteiger partial charge in [0.05, 0.1) is 36.1 Å². The number of nitrogens with zero attached hydrogens (tertiary/aromatic N) is 3. The van der Waals surface area contributed by atoms with Gasteiger partial charge in [0.2, 0.25) is 10.0 Å². The molecule has 2 aromatic rings. The predicted octanol–water partition coefficient (Wildman–Crippen LogP) is 1.45. The number of ether oxygens (including phenoxy) is 1. The zero-order valence-electron chi connectivity index (χ0n) is 12.6. The van der Waals surface area contributed by atoms with E-state index in [9.17, 15) is 8.42 Å². The predicted molar refractivity (Wildman–Crippen MR) is 80.8 cm³/mol. The molecule has 21 heavy (non-hydrogen) atoms. The number of aromatic nitrogens is 3. The van der Waals surface area contributed by atoms with Gasteiger partial charge in [-0.3, -0.25) is 4.72 Å². The van der Waals surface area contributed by atoms with E-state index in [2.05, 4.69) is 14.8 Å². The molecule has 0 aliphatic heterocycles. The second-order valence-electron chi connectivity index (χ2n) is 5.34. The van der Waals surface area contributed by atoms with Crippen molar-refractivity contribution in [2.45, 2.75) is 26.9 Å². The number of hydrogen-bond acceptors (Lipinski definition) is 5. The van der Waals surface area contributed by atoms with Gasteiger partial charge in [0.15, 0.2) is 5.65 Å². The fourth-order valence-corrected chi connectivity index (χ4v) is 3.52. The Morgan fingerprint density at radius 2 is 2.10 bits per heavy atom. The van der Waals surface area contributed by atoms with E-state index in [1.54, 1.807) is 16.9 Å². The fraction of sp³-hybridized carbons (Fsp3) is 0.538. The normalized spacial score (nSPS) is 13.8. The van der Waals surface area contributed by atoms with E-state index in [0.717, 1.165) is 5.56 Å². The zero-order chi connectivity index (χ0) is 15.6. The highest BCUT2D eigenvalue weighted by Gasteiger charge is 2.22. The van der Waals surface area contributed by atoms with E-state index >= 15 is 0 Å². The van der Waals surface area contributed by atoms with E-state index in [0.29, 0.717) is 11.3 Å².